The maximum Gasteiger partial charge on any atom is 0.0641 e. The van der Waals surface area contributed by atoms with E-state index >= 15 is 0 Å². The van der Waals surface area contributed by atoms with Crippen LogP contribution in [0.15, 0.2) is 22.7 Å². The van der Waals surface area contributed by atoms with Crippen LogP contribution in [0.3, 0.4) is 0 Å². The zero-order chi connectivity index (χ0) is 14.3. The molecule has 0 bridgehead atoms. The van der Waals surface area contributed by atoms with Gasteiger partial charge in [-0.05, 0) is 24.6 Å². The van der Waals surface area contributed by atoms with Crippen LogP contribution in [0, 0.1) is 0 Å². The molecule has 0 aliphatic carbocycles. The van der Waals surface area contributed by atoms with E-state index in [1.807, 2.05) is 6.92 Å². The Hall–Kier alpha value is -0.580. The third-order valence-electron chi connectivity index (χ3n) is 2.95. The van der Waals surface area contributed by atoms with Gasteiger partial charge in [-0.2, -0.15) is 0 Å². The van der Waals surface area contributed by atoms with Crippen molar-refractivity contribution in [3.8, 4) is 0 Å². The van der Waals surface area contributed by atoms with Gasteiger partial charge in [-0.3, -0.25) is 0 Å². The number of ether oxygens (including phenoxy) is 1. The predicted octanol–water partition coefficient (Wildman–Crippen LogP) is 3.42. The van der Waals surface area contributed by atoms with Gasteiger partial charge in [0, 0.05) is 42.9 Å². The lowest BCUT2D eigenvalue weighted by Gasteiger charge is -2.20. The lowest BCUT2D eigenvalue weighted by molar-refractivity contribution is 0.154. The second-order valence-electron chi connectivity index (χ2n) is 4.93. The molecule has 1 rings (SSSR count). The van der Waals surface area contributed by atoms with Crippen molar-refractivity contribution in [1.29, 1.82) is 0 Å². The largest absolute Gasteiger partial charge is 0.380 e. The Morgan fingerprint density at radius 1 is 1.37 bits per heavy atom. The molecule has 0 fully saturated rings. The van der Waals surface area contributed by atoms with Gasteiger partial charge in [-0.1, -0.05) is 35.8 Å². The van der Waals surface area contributed by atoms with Gasteiger partial charge in [0.15, 0.2) is 0 Å². The Balaban J connectivity index is 2.59. The number of anilines is 1. The predicted molar refractivity (Wildman–Crippen MR) is 85.9 cm³/mol. The van der Waals surface area contributed by atoms with E-state index in [2.05, 4.69) is 65.2 Å². The summed E-state index contributed by atoms with van der Waals surface area (Å²) in [6.45, 7) is 9.67. The smallest absolute Gasteiger partial charge is 0.0641 e. The molecule has 3 nitrogen and oxygen atoms in total. The van der Waals surface area contributed by atoms with E-state index in [-0.39, 0.29) is 0 Å². The van der Waals surface area contributed by atoms with E-state index in [0.29, 0.717) is 6.04 Å². The normalized spacial score (nSPS) is 11.1. The van der Waals surface area contributed by atoms with Crippen LogP contribution in [-0.4, -0.2) is 32.8 Å². The number of likely N-dealkylation sites (N-methyl/N-ethyl adjacent to an activating group) is 1. The first-order valence-corrected chi connectivity index (χ1v) is 7.64. The molecule has 0 aliphatic heterocycles. The van der Waals surface area contributed by atoms with Gasteiger partial charge in [0.05, 0.1) is 6.61 Å². The molecule has 0 unspecified atom stereocenters. The molecule has 108 valence electrons. The summed E-state index contributed by atoms with van der Waals surface area (Å²) in [6.07, 6.45) is 0. The van der Waals surface area contributed by atoms with Crippen LogP contribution in [0.4, 0.5) is 5.69 Å². The molecule has 1 aromatic rings. The van der Waals surface area contributed by atoms with Crippen LogP contribution in [0.5, 0.6) is 0 Å². The number of rotatable bonds is 8. The fourth-order valence-electron chi connectivity index (χ4n) is 1.71. The zero-order valence-corrected chi connectivity index (χ0v) is 14.0. The molecule has 19 heavy (non-hydrogen) atoms. The maximum atomic E-state index is 5.38. The number of nitrogens with one attached hydrogen (secondary N) is 1. The maximum absolute atomic E-state index is 5.38. The van der Waals surface area contributed by atoms with Crippen molar-refractivity contribution >= 4 is 21.6 Å². The van der Waals surface area contributed by atoms with Gasteiger partial charge in [0.2, 0.25) is 0 Å². The summed E-state index contributed by atoms with van der Waals surface area (Å²) < 4.78 is 6.54. The molecule has 0 atom stereocenters. The van der Waals surface area contributed by atoms with Crippen molar-refractivity contribution in [2.45, 2.75) is 33.4 Å². The first-order valence-electron chi connectivity index (χ1n) is 6.85. The van der Waals surface area contributed by atoms with Gasteiger partial charge in [-0.25, -0.2) is 0 Å². The Morgan fingerprint density at radius 2 is 2.11 bits per heavy atom. The second-order valence-corrected chi connectivity index (χ2v) is 5.78. The minimum atomic E-state index is 0.500. The van der Waals surface area contributed by atoms with E-state index in [1.165, 1.54) is 11.3 Å². The summed E-state index contributed by atoms with van der Waals surface area (Å²) in [5, 5.41) is 3.43. The van der Waals surface area contributed by atoms with Crippen molar-refractivity contribution in [2.24, 2.45) is 0 Å². The molecule has 0 saturated carbocycles. The number of nitrogens with zero attached hydrogens (tertiary/aromatic N) is 1. The van der Waals surface area contributed by atoms with Crippen molar-refractivity contribution < 1.29 is 4.74 Å². The van der Waals surface area contributed by atoms with Crippen LogP contribution in [0.2, 0.25) is 0 Å². The highest BCUT2D eigenvalue weighted by atomic mass is 79.9. The molecular weight excluding hydrogens is 304 g/mol. The lowest BCUT2D eigenvalue weighted by Crippen LogP contribution is -2.23. The molecule has 1 aromatic carbocycles. The fourth-order valence-corrected chi connectivity index (χ4v) is 2.21. The Kier molecular flexibility index (Phi) is 7.42. The third-order valence-corrected chi connectivity index (χ3v) is 3.69. The highest BCUT2D eigenvalue weighted by molar-refractivity contribution is 9.10. The van der Waals surface area contributed by atoms with Gasteiger partial charge < -0.3 is 15.0 Å². The summed E-state index contributed by atoms with van der Waals surface area (Å²) >= 11 is 3.65. The Bertz CT molecular complexity index is 382. The van der Waals surface area contributed by atoms with Gasteiger partial charge in [-0.15, -0.1) is 0 Å². The minimum absolute atomic E-state index is 0.500. The summed E-state index contributed by atoms with van der Waals surface area (Å²) in [6, 6.07) is 7.00. The highest BCUT2D eigenvalue weighted by Gasteiger charge is 2.05. The average Bonchev–Trinajstić information content (AvgIpc) is 2.37. The molecule has 1 N–H and O–H groups in total. The summed E-state index contributed by atoms with van der Waals surface area (Å²) in [5.74, 6) is 0. The number of hydrogen-bond donors (Lipinski definition) is 1. The van der Waals surface area contributed by atoms with E-state index in [1.54, 1.807) is 0 Å². The first kappa shape index (κ1) is 16.5. The van der Waals surface area contributed by atoms with Crippen molar-refractivity contribution in [3.05, 3.63) is 28.2 Å². The highest BCUT2D eigenvalue weighted by Crippen LogP contribution is 2.23. The Morgan fingerprint density at radius 3 is 2.68 bits per heavy atom. The van der Waals surface area contributed by atoms with Crippen LogP contribution in [0.25, 0.3) is 0 Å². The molecule has 4 heteroatoms. The van der Waals surface area contributed by atoms with Crippen LogP contribution < -0.4 is 10.2 Å². The molecule has 0 aliphatic rings. The summed E-state index contributed by atoms with van der Waals surface area (Å²) in [7, 11) is 2.09. The van der Waals surface area contributed by atoms with E-state index in [9.17, 15) is 0 Å². The Labute approximate surface area is 125 Å². The number of benzene rings is 1. The molecular formula is C15H25BrN2O. The van der Waals surface area contributed by atoms with Crippen LogP contribution in [-0.2, 0) is 11.3 Å². The molecule has 0 amide bonds. The van der Waals surface area contributed by atoms with E-state index in [4.69, 9.17) is 4.74 Å². The monoisotopic (exact) mass is 328 g/mol. The number of hydrogen-bond acceptors (Lipinski definition) is 3. The second kappa shape index (κ2) is 8.56. The zero-order valence-electron chi connectivity index (χ0n) is 12.4. The molecule has 0 radical (unpaired) electrons. The molecule has 0 aromatic heterocycles. The van der Waals surface area contributed by atoms with Crippen LogP contribution in [0.1, 0.15) is 26.3 Å². The van der Waals surface area contributed by atoms with Crippen molar-refractivity contribution in [2.75, 3.05) is 31.7 Å². The first-order chi connectivity index (χ1) is 9.04. The molecule has 0 heterocycles. The van der Waals surface area contributed by atoms with Gasteiger partial charge in [0.25, 0.3) is 0 Å². The SMILES string of the molecule is CCOCCN(C)c1ccc(CNC(C)C)c(Br)c1. The van der Waals surface area contributed by atoms with E-state index in [0.717, 1.165) is 30.8 Å². The summed E-state index contributed by atoms with van der Waals surface area (Å²) in [5.41, 5.74) is 2.50. The van der Waals surface area contributed by atoms with Gasteiger partial charge >= 0.3 is 0 Å². The minimum Gasteiger partial charge on any atom is -0.380 e. The molecule has 0 spiro atoms. The van der Waals surface area contributed by atoms with E-state index < -0.39 is 0 Å². The summed E-state index contributed by atoms with van der Waals surface area (Å²) in [4.78, 5) is 2.21. The van der Waals surface area contributed by atoms with Crippen LogP contribution >= 0.6 is 15.9 Å². The quantitative estimate of drug-likeness (QED) is 0.740. The lowest BCUT2D eigenvalue weighted by atomic mass is 10.2. The van der Waals surface area contributed by atoms with Gasteiger partial charge in [0.1, 0.15) is 0 Å². The standard InChI is InChI=1S/C15H25BrN2O/c1-5-19-9-8-18(4)14-7-6-13(15(16)10-14)11-17-12(2)3/h6-7,10,12,17H,5,8-9,11H2,1-4H3. The molecule has 0 saturated heterocycles. The van der Waals surface area contributed by atoms with Crippen molar-refractivity contribution in [1.82, 2.24) is 5.32 Å². The third kappa shape index (κ3) is 5.93. The fraction of sp³-hybridized carbons (Fsp3) is 0.600. The topological polar surface area (TPSA) is 24.5 Å². The average molecular weight is 329 g/mol. The van der Waals surface area contributed by atoms with Crippen molar-refractivity contribution in [3.63, 3.8) is 0 Å². The number of halogens is 1.